The Morgan fingerprint density at radius 3 is 2.50 bits per heavy atom. The maximum absolute atomic E-state index is 9.72. The van der Waals surface area contributed by atoms with Gasteiger partial charge in [-0.2, -0.15) is 5.26 Å². The van der Waals surface area contributed by atoms with Gasteiger partial charge in [0.1, 0.15) is 0 Å². The number of allylic oxidation sites excluding steroid dienone is 2. The highest BCUT2D eigenvalue weighted by Gasteiger charge is 2.51. The molecule has 2 aliphatic rings. The zero-order valence-electron chi connectivity index (χ0n) is 12.2. The topological polar surface area (TPSA) is 33.0 Å². The molecule has 1 saturated carbocycles. The van der Waals surface area contributed by atoms with E-state index in [0.717, 1.165) is 25.0 Å². The lowest BCUT2D eigenvalue weighted by Crippen LogP contribution is -2.43. The standard InChI is InChI=1S/C15H25NOSi/c1-14-8-5-6-9-15(14,12-16)11-13(7-10-14)17-18(2,3)4/h11H,5-10H2,1-4H3. The van der Waals surface area contributed by atoms with Crippen LogP contribution in [0, 0.1) is 22.2 Å². The van der Waals surface area contributed by atoms with E-state index in [1.54, 1.807) is 0 Å². The largest absolute Gasteiger partial charge is 0.548 e. The molecule has 2 aliphatic carbocycles. The van der Waals surface area contributed by atoms with Crippen molar-refractivity contribution >= 4 is 8.32 Å². The summed E-state index contributed by atoms with van der Waals surface area (Å²) in [7, 11) is -1.55. The van der Waals surface area contributed by atoms with Crippen molar-refractivity contribution in [2.75, 3.05) is 0 Å². The molecular formula is C15H25NOSi. The lowest BCUT2D eigenvalue weighted by atomic mass is 9.53. The van der Waals surface area contributed by atoms with E-state index in [1.165, 1.54) is 19.3 Å². The normalized spacial score (nSPS) is 36.3. The summed E-state index contributed by atoms with van der Waals surface area (Å²) in [4.78, 5) is 0. The van der Waals surface area contributed by atoms with Crippen molar-refractivity contribution in [3.63, 3.8) is 0 Å². The fraction of sp³-hybridized carbons (Fsp3) is 0.800. The molecule has 3 heteroatoms. The Morgan fingerprint density at radius 2 is 1.89 bits per heavy atom. The SMILES string of the molecule is CC12CCCCC1(C#N)C=C(O[Si](C)(C)C)CC2. The zero-order chi connectivity index (χ0) is 13.4. The maximum atomic E-state index is 9.72. The minimum Gasteiger partial charge on any atom is -0.548 e. The average Bonchev–Trinajstić information content (AvgIpc) is 2.27. The zero-order valence-corrected chi connectivity index (χ0v) is 13.2. The van der Waals surface area contributed by atoms with Crippen LogP contribution >= 0.6 is 0 Å². The van der Waals surface area contributed by atoms with Crippen LogP contribution in [0.2, 0.25) is 19.6 Å². The quantitative estimate of drug-likeness (QED) is 0.682. The molecule has 0 aromatic carbocycles. The smallest absolute Gasteiger partial charge is 0.241 e. The fourth-order valence-corrected chi connectivity index (χ4v) is 4.43. The van der Waals surface area contributed by atoms with Crippen molar-refractivity contribution in [3.05, 3.63) is 11.8 Å². The molecule has 0 aromatic heterocycles. The third kappa shape index (κ3) is 2.36. The van der Waals surface area contributed by atoms with E-state index in [4.69, 9.17) is 4.43 Å². The molecule has 0 amide bonds. The predicted octanol–water partition coefficient (Wildman–Crippen LogP) is 4.61. The van der Waals surface area contributed by atoms with Gasteiger partial charge in [0, 0.05) is 6.42 Å². The Bertz CT molecular complexity index is 404. The number of hydrogen-bond acceptors (Lipinski definition) is 2. The van der Waals surface area contributed by atoms with E-state index in [0.29, 0.717) is 0 Å². The number of rotatable bonds is 2. The van der Waals surface area contributed by atoms with Gasteiger partial charge in [-0.05, 0) is 50.4 Å². The van der Waals surface area contributed by atoms with Gasteiger partial charge in [-0.3, -0.25) is 0 Å². The van der Waals surface area contributed by atoms with Crippen molar-refractivity contribution < 1.29 is 4.43 Å². The van der Waals surface area contributed by atoms with Gasteiger partial charge in [0.15, 0.2) is 0 Å². The molecule has 2 unspecified atom stereocenters. The average molecular weight is 263 g/mol. The van der Waals surface area contributed by atoms with Crippen molar-refractivity contribution in [1.82, 2.24) is 0 Å². The van der Waals surface area contributed by atoms with E-state index < -0.39 is 8.32 Å². The van der Waals surface area contributed by atoms with Gasteiger partial charge < -0.3 is 4.43 Å². The van der Waals surface area contributed by atoms with Gasteiger partial charge in [-0.1, -0.05) is 19.8 Å². The van der Waals surface area contributed by atoms with Gasteiger partial charge in [-0.25, -0.2) is 0 Å². The van der Waals surface area contributed by atoms with Gasteiger partial charge in [0.05, 0.1) is 17.2 Å². The highest BCUT2D eigenvalue weighted by atomic mass is 28.4. The molecule has 0 aromatic rings. The van der Waals surface area contributed by atoms with Crippen LogP contribution in [-0.2, 0) is 4.43 Å². The van der Waals surface area contributed by atoms with Gasteiger partial charge >= 0.3 is 0 Å². The van der Waals surface area contributed by atoms with Crippen LogP contribution in [0.25, 0.3) is 0 Å². The number of nitrogens with zero attached hydrogens (tertiary/aromatic N) is 1. The Hall–Kier alpha value is -0.753. The van der Waals surface area contributed by atoms with Crippen LogP contribution in [0.1, 0.15) is 45.4 Å². The van der Waals surface area contributed by atoms with Crippen molar-refractivity contribution in [2.24, 2.45) is 10.8 Å². The van der Waals surface area contributed by atoms with Gasteiger partial charge in [0.2, 0.25) is 8.32 Å². The third-order valence-electron chi connectivity index (χ3n) is 4.59. The molecule has 2 atom stereocenters. The Kier molecular flexibility index (Phi) is 3.35. The molecule has 0 saturated heterocycles. The minimum atomic E-state index is -1.55. The van der Waals surface area contributed by atoms with Gasteiger partial charge in [-0.15, -0.1) is 0 Å². The first-order valence-electron chi connectivity index (χ1n) is 7.12. The van der Waals surface area contributed by atoms with E-state index in [2.05, 4.69) is 38.7 Å². The van der Waals surface area contributed by atoms with Gasteiger partial charge in [0.25, 0.3) is 0 Å². The molecule has 0 bridgehead atoms. The summed E-state index contributed by atoms with van der Waals surface area (Å²) in [6.07, 6.45) is 8.97. The summed E-state index contributed by atoms with van der Waals surface area (Å²) in [5.74, 6) is 1.09. The van der Waals surface area contributed by atoms with Crippen molar-refractivity contribution in [3.8, 4) is 6.07 Å². The third-order valence-corrected chi connectivity index (χ3v) is 5.47. The molecule has 2 rings (SSSR count). The van der Waals surface area contributed by atoms with E-state index >= 15 is 0 Å². The fourth-order valence-electron chi connectivity index (χ4n) is 3.48. The second kappa shape index (κ2) is 4.42. The van der Waals surface area contributed by atoms with Crippen molar-refractivity contribution in [2.45, 2.75) is 65.1 Å². The monoisotopic (exact) mass is 263 g/mol. The lowest BCUT2D eigenvalue weighted by Gasteiger charge is -2.49. The summed E-state index contributed by atoms with van der Waals surface area (Å²) >= 11 is 0. The molecule has 0 aliphatic heterocycles. The first-order chi connectivity index (χ1) is 8.30. The van der Waals surface area contributed by atoms with Crippen molar-refractivity contribution in [1.29, 1.82) is 5.26 Å². The van der Waals surface area contributed by atoms with Crippen LogP contribution in [0.15, 0.2) is 11.8 Å². The lowest BCUT2D eigenvalue weighted by molar-refractivity contribution is 0.0631. The summed E-state index contributed by atoms with van der Waals surface area (Å²) < 4.78 is 6.15. The van der Waals surface area contributed by atoms with Crippen LogP contribution in [0.4, 0.5) is 0 Å². The second-order valence-corrected chi connectivity index (χ2v) is 11.6. The van der Waals surface area contributed by atoms with Crippen LogP contribution in [0.5, 0.6) is 0 Å². The number of fused-ring (bicyclic) bond motifs is 1. The summed E-state index contributed by atoms with van der Waals surface area (Å²) in [5, 5.41) is 9.72. The number of hydrogen-bond donors (Lipinski definition) is 0. The van der Waals surface area contributed by atoms with Crippen LogP contribution in [0.3, 0.4) is 0 Å². The molecule has 0 spiro atoms. The highest BCUT2D eigenvalue weighted by Crippen LogP contribution is 2.57. The number of nitriles is 1. The summed E-state index contributed by atoms with van der Waals surface area (Å²) in [5.41, 5.74) is -0.0925. The maximum Gasteiger partial charge on any atom is 0.241 e. The summed E-state index contributed by atoms with van der Waals surface area (Å²) in [6, 6.07) is 2.63. The van der Waals surface area contributed by atoms with Crippen LogP contribution < -0.4 is 0 Å². The molecule has 0 radical (unpaired) electrons. The molecular weight excluding hydrogens is 238 g/mol. The molecule has 18 heavy (non-hydrogen) atoms. The highest BCUT2D eigenvalue weighted by molar-refractivity contribution is 6.70. The first kappa shape index (κ1) is 13.7. The van der Waals surface area contributed by atoms with Crippen LogP contribution in [-0.4, -0.2) is 8.32 Å². The van der Waals surface area contributed by atoms with E-state index in [-0.39, 0.29) is 10.8 Å². The molecule has 100 valence electrons. The van der Waals surface area contributed by atoms with E-state index in [9.17, 15) is 5.26 Å². The second-order valence-electron chi connectivity index (χ2n) is 7.18. The molecule has 2 nitrogen and oxygen atoms in total. The Balaban J connectivity index is 2.31. The molecule has 1 fully saturated rings. The molecule has 0 N–H and O–H groups in total. The predicted molar refractivity (Wildman–Crippen MR) is 76.4 cm³/mol. The minimum absolute atomic E-state index is 0.173. The first-order valence-corrected chi connectivity index (χ1v) is 10.5. The Labute approximate surface area is 112 Å². The Morgan fingerprint density at radius 1 is 1.22 bits per heavy atom. The molecule has 0 heterocycles. The summed E-state index contributed by atoms with van der Waals surface area (Å²) in [6.45, 7) is 8.93. The van der Waals surface area contributed by atoms with E-state index in [1.807, 2.05) is 0 Å².